The molecule has 2 heterocycles. The summed E-state index contributed by atoms with van der Waals surface area (Å²) >= 11 is 1.43. The third-order valence-corrected chi connectivity index (χ3v) is 5.70. The molecular formula is C21H20N4O3S. The van der Waals surface area contributed by atoms with Crippen molar-refractivity contribution in [1.29, 1.82) is 0 Å². The highest BCUT2D eigenvalue weighted by Gasteiger charge is 2.14. The molecule has 0 aliphatic rings. The van der Waals surface area contributed by atoms with Gasteiger partial charge in [0.2, 0.25) is 5.16 Å². The SMILES string of the molecule is Cc1cc2oc(=O)cc(CSc3nnnn3-c3ccc(O)cc3)c2cc1C(C)C. The van der Waals surface area contributed by atoms with Gasteiger partial charge >= 0.3 is 5.63 Å². The van der Waals surface area contributed by atoms with Crippen molar-refractivity contribution in [3.8, 4) is 11.4 Å². The highest BCUT2D eigenvalue weighted by molar-refractivity contribution is 7.98. The molecule has 0 fully saturated rings. The second-order valence-electron chi connectivity index (χ2n) is 7.13. The van der Waals surface area contributed by atoms with E-state index in [-0.39, 0.29) is 11.4 Å². The van der Waals surface area contributed by atoms with Crippen LogP contribution in [0, 0.1) is 6.92 Å². The van der Waals surface area contributed by atoms with Crippen LogP contribution in [0.25, 0.3) is 16.7 Å². The van der Waals surface area contributed by atoms with Gasteiger partial charge in [0.1, 0.15) is 11.3 Å². The van der Waals surface area contributed by atoms with E-state index >= 15 is 0 Å². The van der Waals surface area contributed by atoms with E-state index in [9.17, 15) is 9.90 Å². The van der Waals surface area contributed by atoms with Crippen LogP contribution in [0.3, 0.4) is 0 Å². The summed E-state index contributed by atoms with van der Waals surface area (Å²) in [5.41, 5.74) is 4.17. The number of fused-ring (bicyclic) bond motifs is 1. The first-order valence-corrected chi connectivity index (χ1v) is 10.2. The van der Waals surface area contributed by atoms with Crippen molar-refractivity contribution >= 4 is 22.7 Å². The molecule has 0 aliphatic heterocycles. The largest absolute Gasteiger partial charge is 0.508 e. The molecule has 7 nitrogen and oxygen atoms in total. The quantitative estimate of drug-likeness (QED) is 0.391. The molecule has 29 heavy (non-hydrogen) atoms. The van der Waals surface area contributed by atoms with Crippen LogP contribution in [0.1, 0.15) is 36.5 Å². The Kier molecular flexibility index (Phi) is 5.10. The van der Waals surface area contributed by atoms with Crippen molar-refractivity contribution in [2.75, 3.05) is 0 Å². The number of hydrogen-bond acceptors (Lipinski definition) is 7. The van der Waals surface area contributed by atoms with Gasteiger partial charge in [-0.05, 0) is 76.4 Å². The molecule has 0 unspecified atom stereocenters. The molecule has 0 bridgehead atoms. The number of aryl methyl sites for hydroxylation is 1. The summed E-state index contributed by atoms with van der Waals surface area (Å²) in [5.74, 6) is 1.06. The lowest BCUT2D eigenvalue weighted by molar-refractivity contribution is 0.475. The topological polar surface area (TPSA) is 94.0 Å². The Morgan fingerprint density at radius 2 is 1.93 bits per heavy atom. The predicted octanol–water partition coefficient (Wildman–Crippen LogP) is 4.20. The molecular weight excluding hydrogens is 388 g/mol. The van der Waals surface area contributed by atoms with E-state index in [0.717, 1.165) is 22.2 Å². The summed E-state index contributed by atoms with van der Waals surface area (Å²) in [6.45, 7) is 6.32. The number of phenolic OH excluding ortho intramolecular Hbond substituents is 1. The van der Waals surface area contributed by atoms with Gasteiger partial charge in [-0.2, -0.15) is 4.68 Å². The Hall–Kier alpha value is -3.13. The van der Waals surface area contributed by atoms with Crippen LogP contribution in [-0.2, 0) is 5.75 Å². The number of rotatable bonds is 5. The third kappa shape index (κ3) is 3.88. The van der Waals surface area contributed by atoms with Crippen molar-refractivity contribution in [2.45, 2.75) is 37.6 Å². The molecule has 8 heteroatoms. The van der Waals surface area contributed by atoms with E-state index in [4.69, 9.17) is 4.42 Å². The highest BCUT2D eigenvalue weighted by atomic mass is 32.2. The van der Waals surface area contributed by atoms with E-state index < -0.39 is 0 Å². The van der Waals surface area contributed by atoms with Crippen LogP contribution < -0.4 is 5.63 Å². The van der Waals surface area contributed by atoms with Gasteiger partial charge in [-0.1, -0.05) is 25.6 Å². The Labute approximate surface area is 171 Å². The fourth-order valence-corrected chi connectivity index (χ4v) is 4.18. The van der Waals surface area contributed by atoms with Crippen molar-refractivity contribution in [3.63, 3.8) is 0 Å². The average Bonchev–Trinajstić information content (AvgIpc) is 3.14. The zero-order chi connectivity index (χ0) is 20.5. The van der Waals surface area contributed by atoms with Crippen LogP contribution in [0.2, 0.25) is 0 Å². The summed E-state index contributed by atoms with van der Waals surface area (Å²) in [6.07, 6.45) is 0. The Morgan fingerprint density at radius 3 is 2.66 bits per heavy atom. The number of phenols is 1. The van der Waals surface area contributed by atoms with E-state index in [2.05, 4.69) is 35.4 Å². The first kappa shape index (κ1) is 19.2. The van der Waals surface area contributed by atoms with Gasteiger partial charge in [0.15, 0.2) is 0 Å². The van der Waals surface area contributed by atoms with Crippen LogP contribution in [0.5, 0.6) is 5.75 Å². The van der Waals surface area contributed by atoms with Gasteiger partial charge < -0.3 is 9.52 Å². The van der Waals surface area contributed by atoms with Crippen molar-refractivity contribution in [2.24, 2.45) is 0 Å². The van der Waals surface area contributed by atoms with Gasteiger partial charge in [0.25, 0.3) is 0 Å². The summed E-state index contributed by atoms with van der Waals surface area (Å²) < 4.78 is 7.02. The molecule has 2 aromatic carbocycles. The maximum Gasteiger partial charge on any atom is 0.336 e. The zero-order valence-electron chi connectivity index (χ0n) is 16.3. The van der Waals surface area contributed by atoms with Crippen molar-refractivity contribution in [1.82, 2.24) is 20.2 Å². The second-order valence-corrected chi connectivity index (χ2v) is 8.07. The standard InChI is InChI=1S/C21H20N4O3S/c1-12(2)17-10-18-14(9-20(27)28-19(18)8-13(17)3)11-29-21-22-23-24-25(21)15-4-6-16(26)7-5-15/h4-10,12,26H,11H2,1-3H3. The first-order chi connectivity index (χ1) is 13.9. The normalized spacial score (nSPS) is 11.4. The molecule has 0 amide bonds. The lowest BCUT2D eigenvalue weighted by atomic mass is 9.95. The van der Waals surface area contributed by atoms with Gasteiger partial charge in [0, 0.05) is 17.2 Å². The number of thioether (sulfide) groups is 1. The highest BCUT2D eigenvalue weighted by Crippen LogP contribution is 2.30. The minimum absolute atomic E-state index is 0.176. The molecule has 2 aromatic heterocycles. The Bertz CT molecular complexity index is 1230. The Balaban J connectivity index is 1.69. The van der Waals surface area contributed by atoms with Crippen LogP contribution in [-0.4, -0.2) is 25.3 Å². The summed E-state index contributed by atoms with van der Waals surface area (Å²) in [4.78, 5) is 12.1. The molecule has 148 valence electrons. The Morgan fingerprint density at radius 1 is 1.17 bits per heavy atom. The van der Waals surface area contributed by atoms with E-state index in [1.807, 2.05) is 13.0 Å². The molecule has 4 rings (SSSR count). The second kappa shape index (κ2) is 7.71. The molecule has 0 radical (unpaired) electrons. The first-order valence-electron chi connectivity index (χ1n) is 9.20. The fraction of sp³-hybridized carbons (Fsp3) is 0.238. The van der Waals surface area contributed by atoms with Crippen LogP contribution in [0.4, 0.5) is 0 Å². The predicted molar refractivity (Wildman–Crippen MR) is 112 cm³/mol. The molecule has 0 aliphatic carbocycles. The van der Waals surface area contributed by atoms with Gasteiger partial charge in [-0.3, -0.25) is 0 Å². The average molecular weight is 408 g/mol. The number of aromatic hydroxyl groups is 1. The number of tetrazole rings is 1. The summed E-state index contributed by atoms with van der Waals surface area (Å²) in [6, 6.07) is 12.2. The van der Waals surface area contributed by atoms with Crippen molar-refractivity contribution < 1.29 is 9.52 Å². The van der Waals surface area contributed by atoms with Crippen LogP contribution in [0.15, 0.2) is 56.8 Å². The van der Waals surface area contributed by atoms with Gasteiger partial charge in [-0.15, -0.1) is 5.10 Å². The summed E-state index contributed by atoms with van der Waals surface area (Å²) in [7, 11) is 0. The van der Waals surface area contributed by atoms with Crippen molar-refractivity contribution in [3.05, 3.63) is 69.6 Å². The molecule has 0 atom stereocenters. The van der Waals surface area contributed by atoms with E-state index in [1.165, 1.54) is 23.4 Å². The maximum absolute atomic E-state index is 12.1. The molecule has 4 aromatic rings. The minimum atomic E-state index is -0.372. The number of aromatic nitrogens is 4. The van der Waals surface area contributed by atoms with Gasteiger partial charge in [-0.25, -0.2) is 4.79 Å². The third-order valence-electron chi connectivity index (χ3n) is 4.73. The van der Waals surface area contributed by atoms with Gasteiger partial charge in [0.05, 0.1) is 5.69 Å². The monoisotopic (exact) mass is 408 g/mol. The number of benzene rings is 2. The van der Waals surface area contributed by atoms with E-state index in [0.29, 0.717) is 22.4 Å². The fourth-order valence-electron chi connectivity index (χ4n) is 3.30. The maximum atomic E-state index is 12.1. The molecule has 1 N–H and O–H groups in total. The molecule has 0 spiro atoms. The summed E-state index contributed by atoms with van der Waals surface area (Å²) in [5, 5.41) is 22.9. The lowest BCUT2D eigenvalue weighted by Gasteiger charge is -2.13. The molecule has 0 saturated carbocycles. The smallest absolute Gasteiger partial charge is 0.336 e. The van der Waals surface area contributed by atoms with Crippen LogP contribution >= 0.6 is 11.8 Å². The number of hydrogen-bond donors (Lipinski definition) is 1. The molecule has 0 saturated heterocycles. The minimum Gasteiger partial charge on any atom is -0.508 e. The lowest BCUT2D eigenvalue weighted by Crippen LogP contribution is -2.03. The zero-order valence-corrected chi connectivity index (χ0v) is 17.1. The number of nitrogens with zero attached hydrogens (tertiary/aromatic N) is 4. The van der Waals surface area contributed by atoms with E-state index in [1.54, 1.807) is 28.9 Å².